The van der Waals surface area contributed by atoms with Crippen molar-refractivity contribution >= 4 is 27.3 Å². The normalized spacial score (nSPS) is 12.2. The summed E-state index contributed by atoms with van der Waals surface area (Å²) >= 11 is 1.15. The van der Waals surface area contributed by atoms with E-state index in [1.807, 2.05) is 4.72 Å². The number of aromatic nitrogens is 1. The van der Waals surface area contributed by atoms with Crippen molar-refractivity contribution in [2.24, 2.45) is 0 Å². The summed E-state index contributed by atoms with van der Waals surface area (Å²) in [4.78, 5) is 15.6. The molecule has 0 spiro atoms. The fraction of sp³-hybridized carbons (Fsp3) is 0.231. The topological polar surface area (TPSA) is 76.1 Å². The highest BCUT2D eigenvalue weighted by atomic mass is 32.2. The first-order valence-electron chi connectivity index (χ1n) is 6.17. The molecule has 5 nitrogen and oxygen atoms in total. The average Bonchev–Trinajstić information content (AvgIpc) is 2.84. The summed E-state index contributed by atoms with van der Waals surface area (Å²) in [6.07, 6.45) is -3.78. The Kier molecular flexibility index (Phi) is 4.76. The molecule has 0 fully saturated rings. The first-order chi connectivity index (χ1) is 10.5. The molecule has 0 aliphatic carbocycles. The predicted octanol–water partition coefficient (Wildman–Crippen LogP) is 2.45. The summed E-state index contributed by atoms with van der Waals surface area (Å²) in [6, 6.07) is 4.49. The Balaban J connectivity index is 2.12. The van der Waals surface area contributed by atoms with Crippen LogP contribution < -0.4 is 4.72 Å². The van der Waals surface area contributed by atoms with Gasteiger partial charge in [-0.05, 0) is 12.1 Å². The van der Waals surface area contributed by atoms with Gasteiger partial charge in [0.2, 0.25) is 15.9 Å². The van der Waals surface area contributed by atoms with Crippen LogP contribution >= 0.6 is 11.3 Å². The van der Waals surface area contributed by atoms with Gasteiger partial charge in [-0.15, -0.1) is 11.3 Å². The summed E-state index contributed by atoms with van der Waals surface area (Å²) < 4.78 is 61.2. The number of nitrogens with zero attached hydrogens (tertiary/aromatic N) is 1. The van der Waals surface area contributed by atoms with Crippen molar-refractivity contribution in [2.75, 3.05) is 6.26 Å². The lowest BCUT2D eigenvalue weighted by molar-refractivity contribution is -0.137. The number of carbonyl (C=O) groups is 1. The van der Waals surface area contributed by atoms with Crippen LogP contribution in [0.25, 0.3) is 10.6 Å². The molecule has 1 amide bonds. The van der Waals surface area contributed by atoms with Gasteiger partial charge >= 0.3 is 6.18 Å². The van der Waals surface area contributed by atoms with Gasteiger partial charge in [-0.2, -0.15) is 13.2 Å². The van der Waals surface area contributed by atoms with Gasteiger partial charge in [0.05, 0.1) is 23.9 Å². The lowest BCUT2D eigenvalue weighted by atomic mass is 10.1. The molecule has 10 heteroatoms. The van der Waals surface area contributed by atoms with E-state index in [0.717, 1.165) is 29.7 Å². The third-order valence-corrected chi connectivity index (χ3v) is 4.19. The Morgan fingerprint density at radius 2 is 1.87 bits per heavy atom. The molecule has 2 rings (SSSR count). The van der Waals surface area contributed by atoms with Crippen LogP contribution in [0, 0.1) is 0 Å². The second-order valence-corrected chi connectivity index (χ2v) is 7.30. The number of alkyl halides is 3. The molecule has 0 bridgehead atoms. The fourth-order valence-corrected chi connectivity index (χ4v) is 3.04. The molecule has 1 aromatic heterocycles. The minimum Gasteiger partial charge on any atom is -0.274 e. The number of hydrogen-bond acceptors (Lipinski definition) is 5. The number of carbonyl (C=O) groups excluding carboxylic acids is 1. The smallest absolute Gasteiger partial charge is 0.274 e. The van der Waals surface area contributed by atoms with Gasteiger partial charge in [-0.3, -0.25) is 9.52 Å². The monoisotopic (exact) mass is 364 g/mol. The van der Waals surface area contributed by atoms with Crippen molar-refractivity contribution in [3.63, 3.8) is 0 Å². The largest absolute Gasteiger partial charge is 0.416 e. The maximum atomic E-state index is 12.5. The van der Waals surface area contributed by atoms with E-state index in [1.165, 1.54) is 12.1 Å². The molecule has 1 heterocycles. The van der Waals surface area contributed by atoms with E-state index in [-0.39, 0.29) is 6.42 Å². The van der Waals surface area contributed by atoms with Crippen LogP contribution in [-0.4, -0.2) is 25.6 Å². The lowest BCUT2D eigenvalue weighted by Crippen LogP contribution is -2.30. The summed E-state index contributed by atoms with van der Waals surface area (Å²) in [5, 5.41) is 2.00. The van der Waals surface area contributed by atoms with Crippen LogP contribution in [0.1, 0.15) is 11.3 Å². The van der Waals surface area contributed by atoms with Crippen LogP contribution in [-0.2, 0) is 27.4 Å². The summed E-state index contributed by atoms with van der Waals surface area (Å²) in [5.74, 6) is -0.725. The molecular weight excluding hydrogens is 353 g/mol. The van der Waals surface area contributed by atoms with Crippen LogP contribution in [0.15, 0.2) is 29.6 Å². The van der Waals surface area contributed by atoms with Crippen LogP contribution in [0.2, 0.25) is 0 Å². The van der Waals surface area contributed by atoms with E-state index in [1.54, 1.807) is 5.38 Å². The maximum absolute atomic E-state index is 12.5. The van der Waals surface area contributed by atoms with Crippen LogP contribution in [0.4, 0.5) is 13.2 Å². The summed E-state index contributed by atoms with van der Waals surface area (Å²) in [6.45, 7) is 0. The molecule has 0 aliphatic heterocycles. The Bertz CT molecular complexity index is 812. The quantitative estimate of drug-likeness (QED) is 0.904. The molecule has 124 valence electrons. The van der Waals surface area contributed by atoms with E-state index in [0.29, 0.717) is 16.3 Å². The molecule has 0 saturated carbocycles. The molecule has 23 heavy (non-hydrogen) atoms. The number of thiazole rings is 1. The van der Waals surface area contributed by atoms with Gasteiger partial charge in [-0.25, -0.2) is 13.4 Å². The van der Waals surface area contributed by atoms with E-state index in [4.69, 9.17) is 0 Å². The van der Waals surface area contributed by atoms with Crippen molar-refractivity contribution in [1.29, 1.82) is 0 Å². The van der Waals surface area contributed by atoms with Crippen molar-refractivity contribution in [3.05, 3.63) is 40.9 Å². The number of benzene rings is 1. The third-order valence-electron chi connectivity index (χ3n) is 2.65. The van der Waals surface area contributed by atoms with Crippen molar-refractivity contribution in [2.45, 2.75) is 12.6 Å². The molecule has 0 aliphatic rings. The lowest BCUT2D eigenvalue weighted by Gasteiger charge is -2.06. The van der Waals surface area contributed by atoms with Gasteiger partial charge < -0.3 is 0 Å². The second kappa shape index (κ2) is 6.28. The molecule has 0 radical (unpaired) electrons. The molecule has 2 aromatic rings. The van der Waals surface area contributed by atoms with Crippen molar-refractivity contribution < 1.29 is 26.4 Å². The highest BCUT2D eigenvalue weighted by molar-refractivity contribution is 7.89. The molecule has 0 unspecified atom stereocenters. The van der Waals surface area contributed by atoms with Gasteiger partial charge in [0.1, 0.15) is 5.01 Å². The highest BCUT2D eigenvalue weighted by Crippen LogP contribution is 2.31. The fourth-order valence-electron chi connectivity index (χ4n) is 1.73. The Morgan fingerprint density at radius 1 is 1.26 bits per heavy atom. The number of amides is 1. The predicted molar refractivity (Wildman–Crippen MR) is 79.2 cm³/mol. The van der Waals surface area contributed by atoms with Crippen molar-refractivity contribution in [3.8, 4) is 10.6 Å². The Hall–Kier alpha value is -1.94. The minimum absolute atomic E-state index is 0.232. The van der Waals surface area contributed by atoms with E-state index in [2.05, 4.69) is 4.98 Å². The number of halogens is 3. The zero-order chi connectivity index (χ0) is 17.3. The number of hydrogen-bond donors (Lipinski definition) is 1. The highest BCUT2D eigenvalue weighted by Gasteiger charge is 2.30. The minimum atomic E-state index is -4.41. The van der Waals surface area contributed by atoms with Crippen molar-refractivity contribution in [1.82, 2.24) is 9.71 Å². The second-order valence-electron chi connectivity index (χ2n) is 4.69. The molecule has 0 atom stereocenters. The van der Waals surface area contributed by atoms with Gasteiger partial charge in [0, 0.05) is 10.9 Å². The number of rotatable bonds is 4. The van der Waals surface area contributed by atoms with Crippen LogP contribution in [0.5, 0.6) is 0 Å². The van der Waals surface area contributed by atoms with Gasteiger partial charge in [-0.1, -0.05) is 12.1 Å². The average molecular weight is 364 g/mol. The van der Waals surface area contributed by atoms with Gasteiger partial charge in [0.15, 0.2) is 0 Å². The molecule has 1 N–H and O–H groups in total. The molecule has 0 saturated heterocycles. The SMILES string of the molecule is CS(=O)(=O)NC(=O)Cc1csc(-c2ccc(C(F)(F)F)cc2)n1. The first kappa shape index (κ1) is 17.4. The molecule has 1 aromatic carbocycles. The van der Waals surface area contributed by atoms with E-state index >= 15 is 0 Å². The number of sulfonamides is 1. The molecular formula is C13H11F3N2O3S2. The van der Waals surface area contributed by atoms with E-state index in [9.17, 15) is 26.4 Å². The van der Waals surface area contributed by atoms with Crippen LogP contribution in [0.3, 0.4) is 0 Å². The standard InChI is InChI=1S/C13H11F3N2O3S2/c1-23(20,21)18-11(19)6-10-7-22-12(17-10)8-2-4-9(5-3-8)13(14,15)16/h2-5,7H,6H2,1H3,(H,18,19). The zero-order valence-corrected chi connectivity index (χ0v) is 13.3. The Labute approximate surface area is 134 Å². The number of nitrogens with one attached hydrogen (secondary N) is 1. The van der Waals surface area contributed by atoms with E-state index < -0.39 is 27.7 Å². The summed E-state index contributed by atoms with van der Waals surface area (Å²) in [7, 11) is -3.64. The Morgan fingerprint density at radius 3 is 2.39 bits per heavy atom. The third kappa shape index (κ3) is 5.03. The van der Waals surface area contributed by atoms with Gasteiger partial charge in [0.25, 0.3) is 0 Å². The first-order valence-corrected chi connectivity index (χ1v) is 8.94. The maximum Gasteiger partial charge on any atom is 0.416 e. The zero-order valence-electron chi connectivity index (χ0n) is 11.7. The summed E-state index contributed by atoms with van der Waals surface area (Å²) in [5.41, 5.74) is 0.0642.